The third kappa shape index (κ3) is 4.44. The van der Waals surface area contributed by atoms with Crippen LogP contribution in [0.25, 0.3) is 16.5 Å². The number of furan rings is 1. The highest BCUT2D eigenvalue weighted by atomic mass is 35.5. The second kappa shape index (κ2) is 9.79. The number of nitrogens with zero attached hydrogens (tertiary/aromatic N) is 2. The first-order valence-corrected chi connectivity index (χ1v) is 11.3. The zero-order valence-electron chi connectivity index (χ0n) is 18.2. The number of rotatable bonds is 6. The third-order valence-corrected chi connectivity index (χ3v) is 6.48. The summed E-state index contributed by atoms with van der Waals surface area (Å²) in [5.74, 6) is -0.632. The number of fused-ring (bicyclic) bond motifs is 1. The van der Waals surface area contributed by atoms with Gasteiger partial charge in [-0.1, -0.05) is 29.3 Å². The summed E-state index contributed by atoms with van der Waals surface area (Å²) in [5.41, 5.74) is 14.1. The molecule has 0 saturated carbocycles. The minimum absolute atomic E-state index is 0.0938. The highest BCUT2D eigenvalue weighted by Crippen LogP contribution is 2.41. The molecule has 3 heterocycles. The molecule has 3 aromatic rings. The van der Waals surface area contributed by atoms with Crippen molar-refractivity contribution in [3.05, 3.63) is 57.7 Å². The maximum Gasteiger partial charge on any atom is 0.242 e. The number of pyridine rings is 1. The summed E-state index contributed by atoms with van der Waals surface area (Å²) in [7, 11) is 0. The SMILES string of the molecule is CC(Oc1c(N)ncc2c(C3=CCN(C(=O)[C@@H](N)CO)CC3)coc12)c1c(Cl)ccc(F)c1Cl. The van der Waals surface area contributed by atoms with Gasteiger partial charge in [-0.25, -0.2) is 9.37 Å². The largest absolute Gasteiger partial charge is 0.478 e. The van der Waals surface area contributed by atoms with E-state index in [9.17, 15) is 9.18 Å². The molecule has 34 heavy (non-hydrogen) atoms. The van der Waals surface area contributed by atoms with Crippen LogP contribution in [0.4, 0.5) is 10.2 Å². The van der Waals surface area contributed by atoms with Crippen LogP contribution in [0.1, 0.15) is 30.6 Å². The van der Waals surface area contributed by atoms with E-state index in [1.54, 1.807) is 24.3 Å². The van der Waals surface area contributed by atoms with E-state index in [1.165, 1.54) is 12.1 Å². The van der Waals surface area contributed by atoms with E-state index in [2.05, 4.69) is 4.98 Å². The van der Waals surface area contributed by atoms with Crippen molar-refractivity contribution in [1.82, 2.24) is 9.88 Å². The summed E-state index contributed by atoms with van der Waals surface area (Å²) in [4.78, 5) is 18.0. The molecule has 0 fully saturated rings. The molecule has 1 aliphatic heterocycles. The summed E-state index contributed by atoms with van der Waals surface area (Å²) in [6.45, 7) is 2.07. The molecule has 11 heteroatoms. The Morgan fingerprint density at radius 1 is 1.41 bits per heavy atom. The number of anilines is 1. The molecule has 0 bridgehead atoms. The van der Waals surface area contributed by atoms with Crippen molar-refractivity contribution >= 4 is 51.5 Å². The number of aliphatic hydroxyl groups is 1. The van der Waals surface area contributed by atoms with Crippen LogP contribution in [0.15, 0.2) is 35.1 Å². The zero-order valence-corrected chi connectivity index (χ0v) is 19.7. The normalized spacial score (nSPS) is 15.8. The predicted molar refractivity (Wildman–Crippen MR) is 128 cm³/mol. The zero-order chi connectivity index (χ0) is 24.6. The van der Waals surface area contributed by atoms with Gasteiger partial charge in [-0.15, -0.1) is 0 Å². The Morgan fingerprint density at radius 2 is 2.18 bits per heavy atom. The first-order valence-electron chi connectivity index (χ1n) is 10.5. The summed E-state index contributed by atoms with van der Waals surface area (Å²) in [6.07, 6.45) is 4.88. The first kappa shape index (κ1) is 24.3. The number of hydrogen-bond donors (Lipinski definition) is 3. The number of carbonyl (C=O) groups is 1. The molecule has 8 nitrogen and oxygen atoms in total. The van der Waals surface area contributed by atoms with Crippen molar-refractivity contribution in [1.29, 1.82) is 0 Å². The molecule has 1 aromatic carbocycles. The van der Waals surface area contributed by atoms with Crippen molar-refractivity contribution in [3.8, 4) is 5.75 Å². The van der Waals surface area contributed by atoms with E-state index in [0.29, 0.717) is 30.5 Å². The highest BCUT2D eigenvalue weighted by Gasteiger charge is 2.26. The molecule has 180 valence electrons. The second-order valence-electron chi connectivity index (χ2n) is 7.93. The Bertz CT molecular complexity index is 1280. The lowest BCUT2D eigenvalue weighted by molar-refractivity contribution is -0.133. The summed E-state index contributed by atoms with van der Waals surface area (Å²) in [5, 5.41) is 9.91. The number of ether oxygens (including phenoxy) is 1. The number of aliphatic hydroxyl groups excluding tert-OH is 1. The van der Waals surface area contributed by atoms with Crippen molar-refractivity contribution in [3.63, 3.8) is 0 Å². The molecule has 5 N–H and O–H groups in total. The number of hydrogen-bond acceptors (Lipinski definition) is 7. The van der Waals surface area contributed by atoms with Crippen molar-refractivity contribution < 1.29 is 23.4 Å². The van der Waals surface area contributed by atoms with Crippen LogP contribution >= 0.6 is 23.2 Å². The number of halogens is 3. The van der Waals surface area contributed by atoms with Gasteiger partial charge in [-0.2, -0.15) is 0 Å². The molecule has 0 saturated heterocycles. The third-order valence-electron chi connectivity index (χ3n) is 5.76. The molecule has 2 aromatic heterocycles. The van der Waals surface area contributed by atoms with Gasteiger partial charge in [0.25, 0.3) is 0 Å². The van der Waals surface area contributed by atoms with Gasteiger partial charge in [0, 0.05) is 35.4 Å². The van der Waals surface area contributed by atoms with E-state index in [1.807, 2.05) is 6.08 Å². The van der Waals surface area contributed by atoms with Crippen LogP contribution in [-0.4, -0.2) is 46.6 Å². The number of amides is 1. The molecule has 1 amide bonds. The van der Waals surface area contributed by atoms with Crippen LogP contribution in [0.2, 0.25) is 10.0 Å². The average molecular weight is 509 g/mol. The molecular weight excluding hydrogens is 486 g/mol. The molecule has 0 spiro atoms. The van der Waals surface area contributed by atoms with Gasteiger partial charge >= 0.3 is 0 Å². The fourth-order valence-electron chi connectivity index (χ4n) is 3.92. The van der Waals surface area contributed by atoms with Crippen LogP contribution in [-0.2, 0) is 4.79 Å². The average Bonchev–Trinajstić information content (AvgIpc) is 3.27. The van der Waals surface area contributed by atoms with Crippen LogP contribution in [0.5, 0.6) is 5.75 Å². The van der Waals surface area contributed by atoms with Gasteiger partial charge in [-0.3, -0.25) is 4.79 Å². The van der Waals surface area contributed by atoms with Gasteiger partial charge in [0.15, 0.2) is 11.4 Å². The van der Waals surface area contributed by atoms with Gasteiger partial charge in [0.2, 0.25) is 11.7 Å². The van der Waals surface area contributed by atoms with Crippen LogP contribution < -0.4 is 16.2 Å². The second-order valence-corrected chi connectivity index (χ2v) is 8.72. The Hall–Kier alpha value is -2.85. The Kier molecular flexibility index (Phi) is 6.99. The maximum atomic E-state index is 14.0. The van der Waals surface area contributed by atoms with E-state index in [4.69, 9.17) is 48.9 Å². The number of nitrogens with two attached hydrogens (primary N) is 2. The van der Waals surface area contributed by atoms with Crippen LogP contribution in [0.3, 0.4) is 0 Å². The van der Waals surface area contributed by atoms with Gasteiger partial charge in [0.1, 0.15) is 18.0 Å². The highest BCUT2D eigenvalue weighted by molar-refractivity contribution is 6.36. The van der Waals surface area contributed by atoms with E-state index in [0.717, 1.165) is 11.1 Å². The summed E-state index contributed by atoms with van der Waals surface area (Å²) < 4.78 is 25.8. The summed E-state index contributed by atoms with van der Waals surface area (Å²) >= 11 is 12.3. The standard InChI is InChI=1S/C23H23Cl2FN4O4/c1-11(18-15(24)2-3-16(26)19(18)25)34-21-20-13(8-29-22(21)28)14(10-33-20)12-4-6-30(7-5-12)23(32)17(27)9-31/h2-4,8,10-11,17,31H,5-7,9,27H2,1H3,(H2,28,29)/t11?,17-/m0/s1. The molecular formula is C23H23Cl2FN4O4. The van der Waals surface area contributed by atoms with Gasteiger partial charge < -0.3 is 30.6 Å². The number of nitrogen functional groups attached to an aromatic ring is 1. The maximum absolute atomic E-state index is 14.0. The fraction of sp³-hybridized carbons (Fsp3) is 0.304. The van der Waals surface area contributed by atoms with E-state index < -0.39 is 24.6 Å². The minimum Gasteiger partial charge on any atom is -0.478 e. The Morgan fingerprint density at radius 3 is 2.85 bits per heavy atom. The Balaban J connectivity index is 1.63. The molecule has 0 radical (unpaired) electrons. The number of benzene rings is 1. The minimum atomic E-state index is -0.932. The topological polar surface area (TPSA) is 128 Å². The summed E-state index contributed by atoms with van der Waals surface area (Å²) in [6, 6.07) is 1.65. The molecule has 0 aliphatic carbocycles. The van der Waals surface area contributed by atoms with E-state index in [-0.39, 0.29) is 33.1 Å². The molecule has 4 rings (SSSR count). The fourth-order valence-corrected chi connectivity index (χ4v) is 4.60. The lowest BCUT2D eigenvalue weighted by Gasteiger charge is -2.28. The first-order chi connectivity index (χ1) is 16.2. The quantitative estimate of drug-likeness (QED) is 0.430. The predicted octanol–water partition coefficient (Wildman–Crippen LogP) is 3.93. The Labute approximate surface area is 204 Å². The van der Waals surface area contributed by atoms with Crippen molar-refractivity contribution in [2.75, 3.05) is 25.4 Å². The van der Waals surface area contributed by atoms with Crippen molar-refractivity contribution in [2.45, 2.75) is 25.5 Å². The lowest BCUT2D eigenvalue weighted by Crippen LogP contribution is -2.47. The molecule has 2 atom stereocenters. The monoisotopic (exact) mass is 508 g/mol. The lowest BCUT2D eigenvalue weighted by atomic mass is 9.99. The smallest absolute Gasteiger partial charge is 0.242 e. The molecule has 1 unspecified atom stereocenters. The van der Waals surface area contributed by atoms with Gasteiger partial charge in [-0.05, 0) is 31.1 Å². The number of aromatic nitrogens is 1. The van der Waals surface area contributed by atoms with Crippen LogP contribution in [0, 0.1) is 5.82 Å². The van der Waals surface area contributed by atoms with Crippen molar-refractivity contribution in [2.24, 2.45) is 5.73 Å². The number of carbonyl (C=O) groups excluding carboxylic acids is 1. The van der Waals surface area contributed by atoms with E-state index >= 15 is 0 Å². The molecule has 1 aliphatic rings. The van der Waals surface area contributed by atoms with Gasteiger partial charge in [0.05, 0.1) is 23.3 Å².